The van der Waals surface area contributed by atoms with Gasteiger partial charge in [-0.1, -0.05) is 48.0 Å². The van der Waals surface area contributed by atoms with Crippen LogP contribution in [0.1, 0.15) is 24.2 Å². The zero-order valence-electron chi connectivity index (χ0n) is 13.5. The molecule has 0 spiro atoms. The van der Waals surface area contributed by atoms with Crippen molar-refractivity contribution in [3.8, 4) is 0 Å². The number of hydrogen-bond donors (Lipinski definition) is 3. The van der Waals surface area contributed by atoms with Crippen LogP contribution in [0.4, 0.5) is 4.39 Å². The molecule has 2 aromatic carbocycles. The first kappa shape index (κ1) is 18.2. The third-order valence-electron chi connectivity index (χ3n) is 3.44. The first-order valence-electron chi connectivity index (χ1n) is 7.80. The van der Waals surface area contributed by atoms with Gasteiger partial charge in [-0.2, -0.15) is 0 Å². The van der Waals surface area contributed by atoms with Crippen LogP contribution >= 0.6 is 11.6 Å². The summed E-state index contributed by atoms with van der Waals surface area (Å²) >= 11 is 6.12. The number of nitrogens with zero attached hydrogens (tertiary/aromatic N) is 1. The summed E-state index contributed by atoms with van der Waals surface area (Å²) in [7, 11) is 0. The molecule has 24 heavy (non-hydrogen) atoms. The number of benzene rings is 2. The minimum Gasteiger partial charge on any atom is -0.386 e. The van der Waals surface area contributed by atoms with Crippen molar-refractivity contribution >= 4 is 17.6 Å². The first-order valence-corrected chi connectivity index (χ1v) is 8.17. The fraction of sp³-hybridized carbons (Fsp3) is 0.278. The maximum atomic E-state index is 13.7. The molecule has 0 fully saturated rings. The summed E-state index contributed by atoms with van der Waals surface area (Å²) < 4.78 is 13.7. The average molecular weight is 350 g/mol. The second kappa shape index (κ2) is 9.25. The van der Waals surface area contributed by atoms with Crippen molar-refractivity contribution in [1.29, 1.82) is 0 Å². The number of hydrogen-bond acceptors (Lipinski definition) is 2. The van der Waals surface area contributed by atoms with Crippen LogP contribution in [0.25, 0.3) is 0 Å². The van der Waals surface area contributed by atoms with E-state index >= 15 is 0 Å². The van der Waals surface area contributed by atoms with Crippen molar-refractivity contribution in [1.82, 2.24) is 10.6 Å². The van der Waals surface area contributed by atoms with Gasteiger partial charge in [0.2, 0.25) is 0 Å². The number of aliphatic hydroxyl groups excluding tert-OH is 1. The van der Waals surface area contributed by atoms with Crippen molar-refractivity contribution in [2.45, 2.75) is 19.6 Å². The molecule has 0 aliphatic rings. The van der Waals surface area contributed by atoms with Crippen LogP contribution in [-0.2, 0) is 6.54 Å². The number of aliphatic hydroxyl groups is 1. The Morgan fingerprint density at radius 2 is 1.88 bits per heavy atom. The smallest absolute Gasteiger partial charge is 0.191 e. The van der Waals surface area contributed by atoms with Crippen LogP contribution in [0.5, 0.6) is 0 Å². The van der Waals surface area contributed by atoms with Gasteiger partial charge in [0.05, 0.1) is 12.6 Å². The van der Waals surface area contributed by atoms with Crippen LogP contribution in [0.3, 0.4) is 0 Å². The number of guanidine groups is 1. The lowest BCUT2D eigenvalue weighted by Crippen LogP contribution is -2.39. The number of aliphatic imine (C=N–C) groups is 1. The van der Waals surface area contributed by atoms with E-state index in [-0.39, 0.29) is 12.1 Å². The molecule has 0 aliphatic carbocycles. The van der Waals surface area contributed by atoms with Gasteiger partial charge in [-0.15, -0.1) is 0 Å². The lowest BCUT2D eigenvalue weighted by atomic mass is 10.1. The van der Waals surface area contributed by atoms with Crippen LogP contribution in [0, 0.1) is 5.82 Å². The van der Waals surface area contributed by atoms with E-state index in [4.69, 9.17) is 11.6 Å². The van der Waals surface area contributed by atoms with E-state index in [0.29, 0.717) is 24.1 Å². The van der Waals surface area contributed by atoms with Gasteiger partial charge in [0.15, 0.2) is 5.96 Å². The Labute approximate surface area is 146 Å². The molecule has 2 aromatic rings. The Bertz CT molecular complexity index is 693. The lowest BCUT2D eigenvalue weighted by Gasteiger charge is -2.16. The molecule has 128 valence electrons. The highest BCUT2D eigenvalue weighted by Gasteiger charge is 2.12. The van der Waals surface area contributed by atoms with E-state index in [0.717, 1.165) is 5.56 Å². The quantitative estimate of drug-likeness (QED) is 0.554. The maximum Gasteiger partial charge on any atom is 0.191 e. The van der Waals surface area contributed by atoms with Crippen molar-refractivity contribution in [2.75, 3.05) is 13.1 Å². The van der Waals surface area contributed by atoms with Gasteiger partial charge in [-0.25, -0.2) is 9.38 Å². The molecule has 0 bridgehead atoms. The van der Waals surface area contributed by atoms with Crippen molar-refractivity contribution in [2.24, 2.45) is 4.99 Å². The molecule has 0 heterocycles. The third kappa shape index (κ3) is 5.22. The van der Waals surface area contributed by atoms with Crippen molar-refractivity contribution in [3.63, 3.8) is 0 Å². The molecule has 2 rings (SSSR count). The Morgan fingerprint density at radius 1 is 1.17 bits per heavy atom. The molecule has 1 atom stereocenters. The second-order valence-electron chi connectivity index (χ2n) is 5.20. The van der Waals surface area contributed by atoms with Crippen LogP contribution in [-0.4, -0.2) is 24.2 Å². The molecular weight excluding hydrogens is 329 g/mol. The van der Waals surface area contributed by atoms with E-state index in [1.807, 2.05) is 31.2 Å². The van der Waals surface area contributed by atoms with Gasteiger partial charge in [-0.3, -0.25) is 0 Å². The van der Waals surface area contributed by atoms with Gasteiger partial charge in [0.1, 0.15) is 5.82 Å². The van der Waals surface area contributed by atoms with E-state index < -0.39 is 11.9 Å². The summed E-state index contributed by atoms with van der Waals surface area (Å²) in [6.45, 7) is 3.17. The molecule has 0 amide bonds. The summed E-state index contributed by atoms with van der Waals surface area (Å²) in [5.74, 6) is 0.109. The monoisotopic (exact) mass is 349 g/mol. The minimum atomic E-state index is -0.963. The standard InChI is InChI=1S/C18H21ClFN3O/c1-2-21-18(22-11-13-7-3-5-9-15(13)19)23-12-17(24)14-8-4-6-10-16(14)20/h3-10,17,24H,2,11-12H2,1H3,(H2,21,22,23). The van der Waals surface area contributed by atoms with Gasteiger partial charge < -0.3 is 15.7 Å². The molecule has 6 heteroatoms. The van der Waals surface area contributed by atoms with E-state index in [2.05, 4.69) is 15.6 Å². The van der Waals surface area contributed by atoms with E-state index in [1.54, 1.807) is 18.2 Å². The van der Waals surface area contributed by atoms with E-state index in [9.17, 15) is 9.50 Å². The summed E-state index contributed by atoms with van der Waals surface area (Å²) in [6.07, 6.45) is -0.963. The first-order chi connectivity index (χ1) is 11.6. The predicted octanol–water partition coefficient (Wildman–Crippen LogP) is 3.27. The summed E-state index contributed by atoms with van der Waals surface area (Å²) in [4.78, 5) is 4.44. The highest BCUT2D eigenvalue weighted by Crippen LogP contribution is 2.16. The Kier molecular flexibility index (Phi) is 7.03. The lowest BCUT2D eigenvalue weighted by molar-refractivity contribution is 0.176. The van der Waals surface area contributed by atoms with Gasteiger partial charge in [0, 0.05) is 23.7 Å². The van der Waals surface area contributed by atoms with Gasteiger partial charge >= 0.3 is 0 Å². The molecule has 0 saturated carbocycles. The minimum absolute atomic E-state index is 0.148. The topological polar surface area (TPSA) is 56.7 Å². The Balaban J connectivity index is 1.99. The van der Waals surface area contributed by atoms with Gasteiger partial charge in [-0.05, 0) is 24.6 Å². The van der Waals surface area contributed by atoms with Crippen molar-refractivity contribution < 1.29 is 9.50 Å². The SMILES string of the molecule is CCNC(=NCc1ccccc1Cl)NCC(O)c1ccccc1F. The number of nitrogens with one attached hydrogen (secondary N) is 2. The van der Waals surface area contributed by atoms with Crippen molar-refractivity contribution in [3.05, 3.63) is 70.5 Å². The molecule has 0 aromatic heterocycles. The number of rotatable bonds is 6. The maximum absolute atomic E-state index is 13.7. The van der Waals surface area contributed by atoms with E-state index in [1.165, 1.54) is 6.07 Å². The number of halogens is 2. The highest BCUT2D eigenvalue weighted by atomic mass is 35.5. The molecule has 3 N–H and O–H groups in total. The zero-order chi connectivity index (χ0) is 17.4. The largest absolute Gasteiger partial charge is 0.386 e. The molecule has 0 radical (unpaired) electrons. The summed E-state index contributed by atoms with van der Waals surface area (Å²) in [5.41, 5.74) is 1.16. The Morgan fingerprint density at radius 3 is 2.58 bits per heavy atom. The van der Waals surface area contributed by atoms with Crippen LogP contribution in [0.2, 0.25) is 5.02 Å². The average Bonchev–Trinajstić information content (AvgIpc) is 2.58. The second-order valence-corrected chi connectivity index (χ2v) is 5.61. The molecule has 0 saturated heterocycles. The normalized spacial score (nSPS) is 12.8. The van der Waals surface area contributed by atoms with Crippen LogP contribution < -0.4 is 10.6 Å². The Hall–Kier alpha value is -2.11. The summed E-state index contributed by atoms with van der Waals surface area (Å²) in [6, 6.07) is 13.7. The molecule has 0 aliphatic heterocycles. The zero-order valence-corrected chi connectivity index (χ0v) is 14.2. The molecular formula is C18H21ClFN3O. The van der Waals surface area contributed by atoms with Gasteiger partial charge in [0.25, 0.3) is 0 Å². The highest BCUT2D eigenvalue weighted by molar-refractivity contribution is 6.31. The molecule has 4 nitrogen and oxygen atoms in total. The predicted molar refractivity (Wildman–Crippen MR) is 95.6 cm³/mol. The fourth-order valence-corrected chi connectivity index (χ4v) is 2.38. The molecule has 1 unspecified atom stereocenters. The fourth-order valence-electron chi connectivity index (χ4n) is 2.18. The van der Waals surface area contributed by atoms with Crippen LogP contribution in [0.15, 0.2) is 53.5 Å². The third-order valence-corrected chi connectivity index (χ3v) is 3.81. The summed E-state index contributed by atoms with van der Waals surface area (Å²) in [5, 5.41) is 16.9.